The van der Waals surface area contributed by atoms with Crippen LogP contribution in [0.15, 0.2) is 20.4 Å². The van der Waals surface area contributed by atoms with Gasteiger partial charge in [0.1, 0.15) is 0 Å². The Morgan fingerprint density at radius 3 is 2.94 bits per heavy atom. The fraction of sp³-hybridized carbons (Fsp3) is 0.400. The number of hydrogen-bond acceptors (Lipinski definition) is 5. The van der Waals surface area contributed by atoms with Crippen molar-refractivity contribution in [2.45, 2.75) is 19.3 Å². The van der Waals surface area contributed by atoms with E-state index in [0.29, 0.717) is 18.3 Å². The minimum atomic E-state index is 0.665. The average Bonchev–Trinajstić information content (AvgIpc) is 2.87. The van der Waals surface area contributed by atoms with Gasteiger partial charge in [0, 0.05) is 6.42 Å². The molecule has 2 N–H and O–H groups in total. The van der Waals surface area contributed by atoms with Crippen LogP contribution in [0.25, 0.3) is 10.7 Å². The van der Waals surface area contributed by atoms with Crippen LogP contribution in [0, 0.1) is 0 Å². The van der Waals surface area contributed by atoms with Gasteiger partial charge in [0.25, 0.3) is 0 Å². The van der Waals surface area contributed by atoms with Crippen LogP contribution in [0.4, 0.5) is 0 Å². The summed E-state index contributed by atoms with van der Waals surface area (Å²) >= 11 is 5.00. The van der Waals surface area contributed by atoms with E-state index in [-0.39, 0.29) is 0 Å². The number of nitrogens with two attached hydrogens (primary N) is 1. The Hall–Kier alpha value is -0.720. The second-order valence-corrected chi connectivity index (χ2v) is 5.82. The Morgan fingerprint density at radius 1 is 1.38 bits per heavy atom. The summed E-state index contributed by atoms with van der Waals surface area (Å²) in [7, 11) is 0. The van der Waals surface area contributed by atoms with Gasteiger partial charge in [0.15, 0.2) is 0 Å². The van der Waals surface area contributed by atoms with Gasteiger partial charge in [0.05, 0.1) is 8.66 Å². The lowest BCUT2D eigenvalue weighted by Crippen LogP contribution is -1.99. The second-order valence-electron chi connectivity index (χ2n) is 3.36. The van der Waals surface area contributed by atoms with Crippen molar-refractivity contribution < 1.29 is 4.52 Å². The number of aryl methyl sites for hydroxylation is 1. The highest BCUT2D eigenvalue weighted by Crippen LogP contribution is 2.29. The topological polar surface area (TPSA) is 64.9 Å². The molecule has 0 unspecified atom stereocenters. The molecule has 0 aromatic carbocycles. The van der Waals surface area contributed by atoms with Gasteiger partial charge >= 0.3 is 0 Å². The Morgan fingerprint density at radius 2 is 2.25 bits per heavy atom. The normalized spacial score (nSPS) is 10.9. The molecule has 16 heavy (non-hydrogen) atoms. The van der Waals surface area contributed by atoms with E-state index in [0.717, 1.165) is 27.9 Å². The molecule has 86 valence electrons. The highest BCUT2D eigenvalue weighted by atomic mass is 79.9. The number of thiophene rings is 1. The van der Waals surface area contributed by atoms with E-state index < -0.39 is 0 Å². The first kappa shape index (κ1) is 11.8. The van der Waals surface area contributed by atoms with Crippen molar-refractivity contribution in [2.24, 2.45) is 5.73 Å². The van der Waals surface area contributed by atoms with Crippen molar-refractivity contribution in [3.63, 3.8) is 0 Å². The maximum Gasteiger partial charge on any atom is 0.226 e. The number of unbranched alkanes of at least 4 members (excludes halogenated alkanes) is 1. The zero-order valence-corrected chi connectivity index (χ0v) is 11.1. The van der Waals surface area contributed by atoms with Crippen molar-refractivity contribution in [1.29, 1.82) is 0 Å². The number of nitrogens with zero attached hydrogens (tertiary/aromatic N) is 2. The van der Waals surface area contributed by atoms with Gasteiger partial charge in [-0.15, -0.1) is 11.3 Å². The maximum absolute atomic E-state index is 5.42. The van der Waals surface area contributed by atoms with Gasteiger partial charge in [-0.1, -0.05) is 5.16 Å². The van der Waals surface area contributed by atoms with Gasteiger partial charge < -0.3 is 10.3 Å². The van der Waals surface area contributed by atoms with E-state index in [1.165, 1.54) is 0 Å². The summed E-state index contributed by atoms with van der Waals surface area (Å²) in [6, 6.07) is 3.95. The molecular formula is C10H12BrN3OS. The van der Waals surface area contributed by atoms with Crippen molar-refractivity contribution in [3.8, 4) is 10.7 Å². The molecule has 0 amide bonds. The Balaban J connectivity index is 2.02. The monoisotopic (exact) mass is 301 g/mol. The van der Waals surface area contributed by atoms with Crippen LogP contribution < -0.4 is 5.73 Å². The molecule has 2 rings (SSSR count). The number of rotatable bonds is 5. The molecule has 0 aliphatic heterocycles. The third-order valence-corrected chi connectivity index (χ3v) is 3.73. The Bertz CT molecular complexity index is 454. The molecule has 0 saturated heterocycles. The van der Waals surface area contributed by atoms with Crippen molar-refractivity contribution >= 4 is 27.3 Å². The van der Waals surface area contributed by atoms with E-state index in [1.54, 1.807) is 11.3 Å². The minimum Gasteiger partial charge on any atom is -0.339 e. The summed E-state index contributed by atoms with van der Waals surface area (Å²) in [5, 5.41) is 3.95. The van der Waals surface area contributed by atoms with E-state index in [2.05, 4.69) is 26.1 Å². The number of halogens is 1. The number of aromatic nitrogens is 2. The Labute approximate surface area is 106 Å². The second kappa shape index (κ2) is 5.56. The van der Waals surface area contributed by atoms with Gasteiger partial charge in [-0.05, 0) is 47.4 Å². The molecule has 0 saturated carbocycles. The molecule has 2 aromatic rings. The summed E-state index contributed by atoms with van der Waals surface area (Å²) in [5.74, 6) is 1.35. The predicted molar refractivity (Wildman–Crippen MR) is 67.3 cm³/mol. The fourth-order valence-electron chi connectivity index (χ4n) is 1.31. The molecule has 0 spiro atoms. The first-order valence-electron chi connectivity index (χ1n) is 5.08. The van der Waals surface area contributed by atoms with Crippen LogP contribution in [0.1, 0.15) is 18.7 Å². The lowest BCUT2D eigenvalue weighted by atomic mass is 10.2. The van der Waals surface area contributed by atoms with E-state index in [4.69, 9.17) is 10.3 Å². The molecule has 0 fully saturated rings. The van der Waals surface area contributed by atoms with Crippen LogP contribution >= 0.6 is 27.3 Å². The molecule has 4 nitrogen and oxygen atoms in total. The highest BCUT2D eigenvalue weighted by molar-refractivity contribution is 9.11. The summed E-state index contributed by atoms with van der Waals surface area (Å²) < 4.78 is 6.23. The molecule has 2 heterocycles. The standard InChI is InChI=1S/C10H12BrN3OS/c11-8-5-4-7(16-8)10-13-9(15-14-10)3-1-2-6-12/h4-5H,1-3,6,12H2. The van der Waals surface area contributed by atoms with Crippen LogP contribution in [0.3, 0.4) is 0 Å². The van der Waals surface area contributed by atoms with Crippen LogP contribution in [-0.2, 0) is 6.42 Å². The number of hydrogen-bond donors (Lipinski definition) is 1. The largest absolute Gasteiger partial charge is 0.339 e. The maximum atomic E-state index is 5.42. The van der Waals surface area contributed by atoms with E-state index in [1.807, 2.05) is 12.1 Å². The van der Waals surface area contributed by atoms with E-state index in [9.17, 15) is 0 Å². The van der Waals surface area contributed by atoms with E-state index >= 15 is 0 Å². The quantitative estimate of drug-likeness (QED) is 0.863. The Kier molecular flexibility index (Phi) is 4.09. The lowest BCUT2D eigenvalue weighted by Gasteiger charge is -1.91. The van der Waals surface area contributed by atoms with Crippen LogP contribution in [-0.4, -0.2) is 16.7 Å². The van der Waals surface area contributed by atoms with Crippen LogP contribution in [0.5, 0.6) is 0 Å². The first-order valence-corrected chi connectivity index (χ1v) is 6.69. The predicted octanol–water partition coefficient (Wildman–Crippen LogP) is 2.84. The smallest absolute Gasteiger partial charge is 0.226 e. The molecule has 0 bridgehead atoms. The molecule has 0 atom stereocenters. The van der Waals surface area contributed by atoms with Gasteiger partial charge in [0.2, 0.25) is 11.7 Å². The molecule has 0 aliphatic rings. The third kappa shape index (κ3) is 2.90. The van der Waals surface area contributed by atoms with Gasteiger partial charge in [-0.25, -0.2) is 0 Å². The zero-order valence-electron chi connectivity index (χ0n) is 8.65. The minimum absolute atomic E-state index is 0.665. The summed E-state index contributed by atoms with van der Waals surface area (Å²) in [6.45, 7) is 0.707. The molecule has 0 radical (unpaired) electrons. The third-order valence-electron chi connectivity index (χ3n) is 2.11. The van der Waals surface area contributed by atoms with Crippen molar-refractivity contribution in [3.05, 3.63) is 21.8 Å². The highest BCUT2D eigenvalue weighted by Gasteiger charge is 2.09. The van der Waals surface area contributed by atoms with Gasteiger partial charge in [-0.3, -0.25) is 0 Å². The molecule has 2 aromatic heterocycles. The summed E-state index contributed by atoms with van der Waals surface area (Å²) in [6.07, 6.45) is 2.78. The van der Waals surface area contributed by atoms with Gasteiger partial charge in [-0.2, -0.15) is 4.98 Å². The SMILES string of the molecule is NCCCCc1nc(-c2ccc(Br)s2)no1. The van der Waals surface area contributed by atoms with Crippen molar-refractivity contribution in [1.82, 2.24) is 10.1 Å². The van der Waals surface area contributed by atoms with Crippen molar-refractivity contribution in [2.75, 3.05) is 6.54 Å². The summed E-state index contributed by atoms with van der Waals surface area (Å²) in [5.41, 5.74) is 5.42. The lowest BCUT2D eigenvalue weighted by molar-refractivity contribution is 0.375. The summed E-state index contributed by atoms with van der Waals surface area (Å²) in [4.78, 5) is 5.35. The zero-order chi connectivity index (χ0) is 11.4. The average molecular weight is 302 g/mol. The van der Waals surface area contributed by atoms with Crippen LogP contribution in [0.2, 0.25) is 0 Å². The fourth-order valence-corrected chi connectivity index (χ4v) is 2.62. The molecular weight excluding hydrogens is 290 g/mol. The first-order chi connectivity index (χ1) is 7.79. The molecule has 0 aliphatic carbocycles. The molecule has 6 heteroatoms.